The summed E-state index contributed by atoms with van der Waals surface area (Å²) in [6.07, 6.45) is 0. The summed E-state index contributed by atoms with van der Waals surface area (Å²) in [5, 5.41) is 0. The van der Waals surface area contributed by atoms with Crippen LogP contribution in [0.25, 0.3) is 0 Å². The van der Waals surface area contributed by atoms with Gasteiger partial charge in [0.1, 0.15) is 0 Å². The molecule has 0 heterocycles. The minimum Gasteiger partial charge on any atom is -0.725 e. The Morgan fingerprint density at radius 2 is 0.857 bits per heavy atom. The van der Waals surface area contributed by atoms with Gasteiger partial charge in [-0.3, -0.25) is 9.11 Å². The molecule has 0 aliphatic carbocycles. The smallest absolute Gasteiger partial charge is 0.725 e. The summed E-state index contributed by atoms with van der Waals surface area (Å²) in [5.74, 6) is 0. The Bertz CT molecular complexity index is 613. The standard InChI is InChI=1S/K.Na.H2O8S2.H2O7S2/c;;1-9(2,3)7-8-10(4,5)6;1-8(2,3)7-9(4,5)6/h;;(H,1,2,3)(H,4,5,6);(H,1,2,3)(H,4,5,6)/q2*+1;;/p-2. The molecule has 0 bridgehead atoms. The first kappa shape index (κ1) is 31.0. The fraction of sp³-hybridized carbons (Fsp3) is 0. The van der Waals surface area contributed by atoms with Crippen LogP contribution >= 0.6 is 0 Å². The Morgan fingerprint density at radius 1 is 0.667 bits per heavy atom. The van der Waals surface area contributed by atoms with Crippen molar-refractivity contribution in [3.05, 3.63) is 0 Å². The van der Waals surface area contributed by atoms with Crippen LogP contribution in [-0.4, -0.2) is 51.9 Å². The average Bonchev–Trinajstić information content (AvgIpc) is 1.91. The second-order valence-electron chi connectivity index (χ2n) is 1.88. The Labute approximate surface area is 183 Å². The van der Waals surface area contributed by atoms with Crippen molar-refractivity contribution in [2.24, 2.45) is 0 Å². The largest absolute Gasteiger partial charge is 1.00 e. The molecule has 0 rings (SSSR count). The topological polar surface area (TPSA) is 251 Å². The van der Waals surface area contributed by atoms with Crippen LogP contribution < -0.4 is 80.9 Å². The molecule has 0 fully saturated rings. The summed E-state index contributed by atoms with van der Waals surface area (Å²) in [6.45, 7) is 0. The van der Waals surface area contributed by atoms with Crippen molar-refractivity contribution in [3.8, 4) is 0 Å². The van der Waals surface area contributed by atoms with Crippen molar-refractivity contribution < 1.29 is 145 Å². The monoisotopic (exact) mass is 432 g/mol. The van der Waals surface area contributed by atoms with Gasteiger partial charge >= 0.3 is 102 Å². The molecule has 21 heteroatoms. The van der Waals surface area contributed by atoms with Gasteiger partial charge in [-0.1, -0.05) is 8.67 Å². The van der Waals surface area contributed by atoms with E-state index >= 15 is 0 Å². The quantitative estimate of drug-likeness (QED) is 0.134. The molecule has 0 saturated heterocycles. The molecule has 0 spiro atoms. The maximum atomic E-state index is 9.51. The van der Waals surface area contributed by atoms with Gasteiger partial charge < -0.3 is 9.11 Å². The van der Waals surface area contributed by atoms with E-state index in [4.69, 9.17) is 9.11 Å². The Morgan fingerprint density at radius 3 is 0.905 bits per heavy atom. The van der Waals surface area contributed by atoms with Crippen molar-refractivity contribution >= 4 is 41.6 Å². The van der Waals surface area contributed by atoms with Crippen molar-refractivity contribution in [2.75, 3.05) is 0 Å². The normalized spacial score (nSPS) is 12.2. The van der Waals surface area contributed by atoms with E-state index in [-0.39, 0.29) is 80.9 Å². The molecule has 0 unspecified atom stereocenters. The maximum absolute atomic E-state index is 9.51. The molecule has 0 aromatic carbocycles. The molecule has 0 saturated carbocycles. The molecule has 0 aliphatic heterocycles. The fourth-order valence-corrected chi connectivity index (χ4v) is 1.55. The first-order valence-corrected chi connectivity index (χ1v) is 8.26. The molecule has 0 aliphatic rings. The summed E-state index contributed by atoms with van der Waals surface area (Å²) in [7, 11) is -20.9. The van der Waals surface area contributed by atoms with Crippen LogP contribution in [-0.2, 0) is 53.9 Å². The molecular formula is H2KNaO15S4. The van der Waals surface area contributed by atoms with Crippen LogP contribution in [0.2, 0.25) is 0 Å². The zero-order valence-corrected chi connectivity index (χ0v) is 18.2. The van der Waals surface area contributed by atoms with E-state index < -0.39 is 41.6 Å². The van der Waals surface area contributed by atoms with Crippen LogP contribution in [0, 0.1) is 0 Å². The predicted octanol–water partition coefficient (Wildman–Crippen LogP) is -9.53. The van der Waals surface area contributed by atoms with Gasteiger partial charge in [-0.25, -0.2) is 16.8 Å². The van der Waals surface area contributed by atoms with E-state index in [2.05, 4.69) is 12.3 Å². The third-order valence-electron chi connectivity index (χ3n) is 0.366. The molecule has 118 valence electrons. The number of hydrogen-bond donors (Lipinski definition) is 2. The first-order chi connectivity index (χ1) is 7.91. The summed E-state index contributed by atoms with van der Waals surface area (Å²) in [6, 6.07) is 0. The Hall–Kier alpha value is 2.16. The first-order valence-electron chi connectivity index (χ1n) is 2.87. The van der Waals surface area contributed by atoms with Crippen LogP contribution in [0.1, 0.15) is 0 Å². The molecule has 0 amide bonds. The van der Waals surface area contributed by atoms with E-state index in [0.29, 0.717) is 0 Å². The molecule has 0 aromatic heterocycles. The van der Waals surface area contributed by atoms with Crippen molar-refractivity contribution in [3.63, 3.8) is 0 Å². The zero-order chi connectivity index (χ0) is 16.1. The van der Waals surface area contributed by atoms with E-state index in [9.17, 15) is 42.8 Å². The third-order valence-corrected chi connectivity index (χ3v) is 2.27. The van der Waals surface area contributed by atoms with Gasteiger partial charge in [0.05, 0.1) is 0 Å². The molecule has 21 heavy (non-hydrogen) atoms. The van der Waals surface area contributed by atoms with Gasteiger partial charge in [0.25, 0.3) is 0 Å². The van der Waals surface area contributed by atoms with E-state index in [1.54, 1.807) is 0 Å². The molecule has 0 aromatic rings. The second-order valence-corrected chi connectivity index (χ2v) is 6.04. The minimum atomic E-state index is -5.43. The van der Waals surface area contributed by atoms with Crippen molar-refractivity contribution in [1.29, 1.82) is 0 Å². The van der Waals surface area contributed by atoms with Crippen LogP contribution in [0.3, 0.4) is 0 Å². The predicted molar refractivity (Wildman–Crippen MR) is 45.7 cm³/mol. The molecule has 0 radical (unpaired) electrons. The minimum absolute atomic E-state index is 0. The van der Waals surface area contributed by atoms with Crippen molar-refractivity contribution in [2.45, 2.75) is 0 Å². The summed E-state index contributed by atoms with van der Waals surface area (Å²) in [4.78, 5) is 0. The van der Waals surface area contributed by atoms with Gasteiger partial charge in [0.15, 0.2) is 0 Å². The molecule has 0 atom stereocenters. The van der Waals surface area contributed by atoms with Gasteiger partial charge in [0, 0.05) is 0 Å². The van der Waals surface area contributed by atoms with Crippen LogP contribution in [0.5, 0.6) is 0 Å². The summed E-state index contributed by atoms with van der Waals surface area (Å²) in [5.41, 5.74) is 0. The summed E-state index contributed by atoms with van der Waals surface area (Å²) >= 11 is 0. The van der Waals surface area contributed by atoms with Gasteiger partial charge in [-0.15, -0.1) is 0 Å². The van der Waals surface area contributed by atoms with Gasteiger partial charge in [-0.05, 0) is 0 Å². The van der Waals surface area contributed by atoms with E-state index in [1.165, 1.54) is 0 Å². The van der Waals surface area contributed by atoms with E-state index in [0.717, 1.165) is 0 Å². The Balaban J connectivity index is -0.000000126. The van der Waals surface area contributed by atoms with Crippen molar-refractivity contribution in [1.82, 2.24) is 0 Å². The number of hydrogen-bond acceptors (Lipinski definition) is 13. The van der Waals surface area contributed by atoms with Gasteiger partial charge in [0.2, 0.25) is 20.8 Å². The summed E-state index contributed by atoms with van der Waals surface area (Å²) < 4.78 is 117. The Kier molecular flexibility index (Phi) is 17.2. The number of rotatable bonds is 5. The average molecular weight is 432 g/mol. The molecule has 15 nitrogen and oxygen atoms in total. The SMILES string of the molecule is O=S(=O)(O)OOS(=O)(=O)O.O=S(=O)([O-])OS(=O)(=O)[O-].[K+].[Na+]. The fourth-order valence-electron chi connectivity index (χ4n) is 0.172. The van der Waals surface area contributed by atoms with E-state index in [1.807, 2.05) is 0 Å². The van der Waals surface area contributed by atoms with Crippen LogP contribution in [0.15, 0.2) is 0 Å². The zero-order valence-electron chi connectivity index (χ0n) is 9.83. The third kappa shape index (κ3) is 39.2. The molecule has 2 N–H and O–H groups in total. The maximum Gasteiger partial charge on any atom is 1.00 e. The van der Waals surface area contributed by atoms with Gasteiger partial charge in [-0.2, -0.15) is 20.5 Å². The molecular weight excluding hydrogens is 430 g/mol. The second kappa shape index (κ2) is 11.7. The van der Waals surface area contributed by atoms with Crippen LogP contribution in [0.4, 0.5) is 0 Å².